The van der Waals surface area contributed by atoms with E-state index in [1.54, 1.807) is 48.5 Å². The van der Waals surface area contributed by atoms with Gasteiger partial charge in [0.15, 0.2) is 5.17 Å². The number of carbonyl (C=O) groups is 2. The van der Waals surface area contributed by atoms with E-state index in [4.69, 9.17) is 4.42 Å². The molecule has 0 atom stereocenters. The van der Waals surface area contributed by atoms with Gasteiger partial charge in [-0.1, -0.05) is 54.6 Å². The lowest BCUT2D eigenvalue weighted by Gasteiger charge is -2.16. The van der Waals surface area contributed by atoms with Crippen LogP contribution in [0.3, 0.4) is 0 Å². The summed E-state index contributed by atoms with van der Waals surface area (Å²) >= 11 is 1.17. The largest absolute Gasteiger partial charge is 0.545 e. The molecule has 5 rings (SSSR count). The van der Waals surface area contributed by atoms with Crippen molar-refractivity contribution in [3.8, 4) is 11.3 Å². The lowest BCUT2D eigenvalue weighted by Crippen LogP contribution is -2.28. The number of benzene rings is 3. The molecular weight excluding hydrogens is 506 g/mol. The topological polar surface area (TPSA) is 129 Å². The number of amides is 1. The van der Waals surface area contributed by atoms with Gasteiger partial charge in [0, 0.05) is 12.1 Å². The van der Waals surface area contributed by atoms with Crippen molar-refractivity contribution in [3.05, 3.63) is 123 Å². The summed E-state index contributed by atoms with van der Waals surface area (Å²) in [5.74, 6) is -0.923. The first-order valence-electron chi connectivity index (χ1n) is 11.4. The third-order valence-corrected chi connectivity index (χ3v) is 6.67. The predicted molar refractivity (Wildman–Crippen MR) is 141 cm³/mol. The highest BCUT2D eigenvalue weighted by Crippen LogP contribution is 2.37. The molecule has 38 heavy (non-hydrogen) atoms. The summed E-state index contributed by atoms with van der Waals surface area (Å²) in [6, 6.07) is 24.8. The molecule has 0 saturated carbocycles. The molecule has 1 aliphatic heterocycles. The van der Waals surface area contributed by atoms with E-state index < -0.39 is 10.9 Å². The van der Waals surface area contributed by atoms with Gasteiger partial charge in [-0.2, -0.15) is 0 Å². The van der Waals surface area contributed by atoms with E-state index >= 15 is 0 Å². The Balaban J connectivity index is 1.46. The maximum Gasteiger partial charge on any atom is 0.280 e. The predicted octanol–water partition coefficient (Wildman–Crippen LogP) is 5.02. The first-order chi connectivity index (χ1) is 18.4. The van der Waals surface area contributed by atoms with Gasteiger partial charge in [-0.05, 0) is 53.2 Å². The van der Waals surface area contributed by atoms with Crippen molar-refractivity contribution in [2.75, 3.05) is 0 Å². The molecule has 1 fully saturated rings. The summed E-state index contributed by atoms with van der Waals surface area (Å²) < 4.78 is 5.85. The highest BCUT2D eigenvalue weighted by Gasteiger charge is 2.34. The Morgan fingerprint density at radius 1 is 0.974 bits per heavy atom. The molecule has 0 unspecified atom stereocenters. The fraction of sp³-hybridized carbons (Fsp3) is 0.0357. The fourth-order valence-electron chi connectivity index (χ4n) is 3.82. The maximum atomic E-state index is 13.4. The minimum atomic E-state index is -1.28. The molecule has 0 aliphatic carbocycles. The zero-order chi connectivity index (χ0) is 26.6. The van der Waals surface area contributed by atoms with E-state index in [1.807, 2.05) is 30.3 Å². The van der Waals surface area contributed by atoms with Crippen LogP contribution in [0, 0.1) is 10.1 Å². The Morgan fingerprint density at radius 2 is 1.68 bits per heavy atom. The second kappa shape index (κ2) is 10.6. The summed E-state index contributed by atoms with van der Waals surface area (Å²) in [7, 11) is 0. The molecule has 0 N–H and O–H groups in total. The number of carboxylic acid groups (broad SMARTS) is 1. The number of para-hydroxylation sites is 2. The third kappa shape index (κ3) is 5.25. The van der Waals surface area contributed by atoms with E-state index in [9.17, 15) is 24.8 Å². The van der Waals surface area contributed by atoms with E-state index in [1.165, 1.54) is 34.9 Å². The summed E-state index contributed by atoms with van der Waals surface area (Å²) in [5, 5.41) is 22.9. The molecule has 9 nitrogen and oxygen atoms in total. The molecule has 1 aliphatic rings. The molecule has 4 aromatic rings. The van der Waals surface area contributed by atoms with Gasteiger partial charge in [-0.15, -0.1) is 0 Å². The molecule has 188 valence electrons. The smallest absolute Gasteiger partial charge is 0.280 e. The fourth-order valence-corrected chi connectivity index (χ4v) is 4.80. The summed E-state index contributed by atoms with van der Waals surface area (Å²) in [4.78, 5) is 41.9. The van der Waals surface area contributed by atoms with Crippen molar-refractivity contribution in [1.82, 2.24) is 4.90 Å². The number of carboxylic acids is 1. The summed E-state index contributed by atoms with van der Waals surface area (Å²) in [5.41, 5.74) is 1.67. The quantitative estimate of drug-likeness (QED) is 0.188. The first-order valence-corrected chi connectivity index (χ1v) is 12.2. The number of thioether (sulfide) groups is 1. The van der Waals surface area contributed by atoms with Crippen LogP contribution in [0.5, 0.6) is 0 Å². The van der Waals surface area contributed by atoms with Gasteiger partial charge in [-0.25, -0.2) is 4.99 Å². The second-order valence-electron chi connectivity index (χ2n) is 8.19. The van der Waals surface area contributed by atoms with Gasteiger partial charge >= 0.3 is 0 Å². The van der Waals surface area contributed by atoms with Crippen molar-refractivity contribution >= 4 is 46.3 Å². The summed E-state index contributed by atoms with van der Waals surface area (Å²) in [6.45, 7) is 0.168. The number of furan rings is 1. The zero-order valence-electron chi connectivity index (χ0n) is 19.6. The molecule has 0 bridgehead atoms. The van der Waals surface area contributed by atoms with Crippen LogP contribution in [0.15, 0.2) is 105 Å². The Hall–Kier alpha value is -4.96. The molecular formula is C28H18N3O6S-. The third-order valence-electron chi connectivity index (χ3n) is 5.67. The van der Waals surface area contributed by atoms with E-state index in [-0.39, 0.29) is 23.7 Å². The molecule has 0 radical (unpaired) electrons. The second-order valence-corrected chi connectivity index (χ2v) is 9.20. The van der Waals surface area contributed by atoms with Crippen LogP contribution in [0.25, 0.3) is 17.4 Å². The number of nitro benzene ring substituents is 1. The van der Waals surface area contributed by atoms with Crippen LogP contribution in [-0.2, 0) is 11.3 Å². The monoisotopic (exact) mass is 524 g/mol. The van der Waals surface area contributed by atoms with Gasteiger partial charge < -0.3 is 14.3 Å². The van der Waals surface area contributed by atoms with Crippen molar-refractivity contribution in [2.24, 2.45) is 4.99 Å². The molecule has 10 heteroatoms. The van der Waals surface area contributed by atoms with E-state index in [0.717, 1.165) is 0 Å². The summed E-state index contributed by atoms with van der Waals surface area (Å²) in [6.07, 6.45) is 1.57. The van der Waals surface area contributed by atoms with E-state index in [0.29, 0.717) is 38.4 Å². The van der Waals surface area contributed by atoms with Crippen molar-refractivity contribution in [3.63, 3.8) is 0 Å². The number of carbonyl (C=O) groups excluding carboxylic acids is 2. The van der Waals surface area contributed by atoms with Crippen LogP contribution < -0.4 is 5.11 Å². The van der Waals surface area contributed by atoms with Gasteiger partial charge in [0.25, 0.3) is 11.6 Å². The van der Waals surface area contributed by atoms with Gasteiger partial charge in [0.1, 0.15) is 11.5 Å². The van der Waals surface area contributed by atoms with Gasteiger partial charge in [0.05, 0.1) is 33.6 Å². The van der Waals surface area contributed by atoms with Crippen LogP contribution in [0.4, 0.5) is 11.4 Å². The first kappa shape index (κ1) is 24.7. The van der Waals surface area contributed by atoms with Crippen LogP contribution in [-0.4, -0.2) is 26.9 Å². The number of hydrogen-bond acceptors (Lipinski definition) is 8. The molecule has 3 aromatic carbocycles. The van der Waals surface area contributed by atoms with Gasteiger partial charge in [-0.3, -0.25) is 19.8 Å². The number of amidine groups is 1. The van der Waals surface area contributed by atoms with Crippen molar-refractivity contribution < 1.29 is 24.0 Å². The molecule has 2 heterocycles. The Morgan fingerprint density at radius 3 is 2.39 bits per heavy atom. The van der Waals surface area contributed by atoms with Gasteiger partial charge in [0.2, 0.25) is 0 Å². The van der Waals surface area contributed by atoms with Crippen LogP contribution in [0.1, 0.15) is 21.7 Å². The molecule has 1 amide bonds. The molecule has 1 saturated heterocycles. The highest BCUT2D eigenvalue weighted by molar-refractivity contribution is 8.18. The minimum Gasteiger partial charge on any atom is -0.545 e. The number of nitro groups is 1. The minimum absolute atomic E-state index is 0.0434. The van der Waals surface area contributed by atoms with E-state index in [2.05, 4.69) is 4.99 Å². The van der Waals surface area contributed by atoms with Crippen molar-refractivity contribution in [1.29, 1.82) is 0 Å². The standard InChI is InChI=1S/C28H19N3O6S/c32-26-25(16-21-14-15-24(37-21)22-8-4-5-9-23(22)31(35)36)38-28(29-20-6-2-1-3-7-20)30(26)17-18-10-12-19(13-11-18)27(33)34/h1-16H,17H2,(H,33,34)/p-1/b25-16+,29-28?. The highest BCUT2D eigenvalue weighted by atomic mass is 32.2. The Labute approximate surface area is 220 Å². The van der Waals surface area contributed by atoms with Crippen molar-refractivity contribution in [2.45, 2.75) is 6.54 Å². The molecule has 1 aromatic heterocycles. The number of rotatable bonds is 7. The normalized spacial score (nSPS) is 15.4. The zero-order valence-corrected chi connectivity index (χ0v) is 20.5. The van der Waals surface area contributed by atoms with Crippen LogP contribution in [0.2, 0.25) is 0 Å². The number of hydrogen-bond donors (Lipinski definition) is 0. The number of aromatic carboxylic acids is 1. The lowest BCUT2D eigenvalue weighted by atomic mass is 10.1. The Bertz CT molecular complexity index is 1590. The average Bonchev–Trinajstić information content (AvgIpc) is 3.50. The maximum absolute atomic E-state index is 13.4. The Kier molecular flexibility index (Phi) is 6.88. The number of nitrogens with zero attached hydrogens (tertiary/aromatic N) is 3. The number of aliphatic imine (C=N–C) groups is 1. The van der Waals surface area contributed by atoms with Crippen LogP contribution >= 0.6 is 11.8 Å². The average molecular weight is 525 g/mol. The lowest BCUT2D eigenvalue weighted by molar-refractivity contribution is -0.384. The molecule has 0 spiro atoms. The SMILES string of the molecule is O=C([O-])c1ccc(CN2C(=O)/C(=C\c3ccc(-c4ccccc4[N+](=O)[O-])o3)SC2=Nc2ccccc2)cc1.